The van der Waals surface area contributed by atoms with E-state index in [0.717, 1.165) is 32.2 Å². The highest BCUT2D eigenvalue weighted by Crippen LogP contribution is 2.18. The standard InChI is InChI=1S/C16H23NO2/c1-13-6-2-3-7-14(13)9-10-16(19)17-11-5-4-8-15(17)12-18/h2-3,6-7,15,18H,4-5,8-12H2,1H3. The Hall–Kier alpha value is -1.35. The van der Waals surface area contributed by atoms with E-state index in [1.807, 2.05) is 17.0 Å². The third kappa shape index (κ3) is 3.57. The molecule has 1 aromatic rings. The zero-order valence-electron chi connectivity index (χ0n) is 11.6. The van der Waals surface area contributed by atoms with Crippen molar-refractivity contribution in [3.8, 4) is 0 Å². The molecular formula is C16H23NO2. The number of piperidine rings is 1. The van der Waals surface area contributed by atoms with Gasteiger partial charge in [-0.05, 0) is 43.7 Å². The number of aliphatic hydroxyl groups is 1. The van der Waals surface area contributed by atoms with Crippen molar-refractivity contribution < 1.29 is 9.90 Å². The van der Waals surface area contributed by atoms with E-state index in [2.05, 4.69) is 19.1 Å². The Kier molecular flexibility index (Phi) is 4.97. The van der Waals surface area contributed by atoms with Crippen molar-refractivity contribution in [3.63, 3.8) is 0 Å². The van der Waals surface area contributed by atoms with Crippen LogP contribution in [0.1, 0.15) is 36.8 Å². The van der Waals surface area contributed by atoms with Crippen molar-refractivity contribution in [1.82, 2.24) is 4.90 Å². The SMILES string of the molecule is Cc1ccccc1CCC(=O)N1CCCCC1CO. The van der Waals surface area contributed by atoms with Crippen molar-refractivity contribution in [1.29, 1.82) is 0 Å². The van der Waals surface area contributed by atoms with Crippen molar-refractivity contribution in [3.05, 3.63) is 35.4 Å². The molecule has 3 nitrogen and oxygen atoms in total. The molecule has 1 aliphatic heterocycles. The number of likely N-dealkylation sites (tertiary alicyclic amines) is 1. The average molecular weight is 261 g/mol. The summed E-state index contributed by atoms with van der Waals surface area (Å²) in [7, 11) is 0. The van der Waals surface area contributed by atoms with E-state index in [9.17, 15) is 9.90 Å². The van der Waals surface area contributed by atoms with Crippen molar-refractivity contribution in [2.24, 2.45) is 0 Å². The van der Waals surface area contributed by atoms with Gasteiger partial charge in [-0.3, -0.25) is 4.79 Å². The lowest BCUT2D eigenvalue weighted by Crippen LogP contribution is -2.45. The number of aryl methyl sites for hydroxylation is 2. The van der Waals surface area contributed by atoms with Crippen LogP contribution in [0.25, 0.3) is 0 Å². The minimum Gasteiger partial charge on any atom is -0.394 e. The summed E-state index contributed by atoms with van der Waals surface area (Å²) in [5.41, 5.74) is 2.49. The normalized spacial score (nSPS) is 19.5. The summed E-state index contributed by atoms with van der Waals surface area (Å²) in [5.74, 6) is 0.182. The van der Waals surface area contributed by atoms with Crippen molar-refractivity contribution in [2.75, 3.05) is 13.2 Å². The summed E-state index contributed by atoms with van der Waals surface area (Å²) in [6, 6.07) is 8.25. The molecule has 0 spiro atoms. The van der Waals surface area contributed by atoms with Gasteiger partial charge >= 0.3 is 0 Å². The van der Waals surface area contributed by atoms with Gasteiger partial charge in [0.2, 0.25) is 5.91 Å². The predicted octanol–water partition coefficient (Wildman–Crippen LogP) is 2.30. The van der Waals surface area contributed by atoms with Crippen LogP contribution in [0.3, 0.4) is 0 Å². The molecule has 1 N–H and O–H groups in total. The lowest BCUT2D eigenvalue weighted by molar-refractivity contribution is -0.135. The van der Waals surface area contributed by atoms with Gasteiger partial charge in [-0.1, -0.05) is 24.3 Å². The first-order chi connectivity index (χ1) is 9.22. The summed E-state index contributed by atoms with van der Waals surface area (Å²) in [4.78, 5) is 14.1. The number of carbonyl (C=O) groups excluding carboxylic acids is 1. The highest BCUT2D eigenvalue weighted by molar-refractivity contribution is 5.77. The van der Waals surface area contributed by atoms with Crippen LogP contribution < -0.4 is 0 Å². The molecule has 2 rings (SSSR count). The monoisotopic (exact) mass is 261 g/mol. The number of nitrogens with zero attached hydrogens (tertiary/aromatic N) is 1. The molecule has 1 aromatic carbocycles. The fourth-order valence-electron chi connectivity index (χ4n) is 2.79. The summed E-state index contributed by atoms with van der Waals surface area (Å²) in [6.07, 6.45) is 4.45. The van der Waals surface area contributed by atoms with Crippen LogP contribution in [0, 0.1) is 6.92 Å². The molecule has 0 radical (unpaired) electrons. The second-order valence-corrected chi connectivity index (χ2v) is 5.35. The van der Waals surface area contributed by atoms with Gasteiger partial charge in [0.25, 0.3) is 0 Å². The fourth-order valence-corrected chi connectivity index (χ4v) is 2.79. The van der Waals surface area contributed by atoms with Crippen LogP contribution in [-0.2, 0) is 11.2 Å². The van der Waals surface area contributed by atoms with Gasteiger partial charge in [0.15, 0.2) is 0 Å². The highest BCUT2D eigenvalue weighted by Gasteiger charge is 2.25. The first kappa shape index (κ1) is 14.1. The molecule has 1 unspecified atom stereocenters. The number of rotatable bonds is 4. The van der Waals surface area contributed by atoms with E-state index in [-0.39, 0.29) is 18.6 Å². The molecule has 1 fully saturated rings. The van der Waals surface area contributed by atoms with Gasteiger partial charge in [0, 0.05) is 13.0 Å². The van der Waals surface area contributed by atoms with E-state index in [4.69, 9.17) is 0 Å². The predicted molar refractivity (Wildman–Crippen MR) is 75.9 cm³/mol. The van der Waals surface area contributed by atoms with Gasteiger partial charge in [-0.15, -0.1) is 0 Å². The van der Waals surface area contributed by atoms with Crippen LogP contribution in [0.2, 0.25) is 0 Å². The second-order valence-electron chi connectivity index (χ2n) is 5.35. The lowest BCUT2D eigenvalue weighted by atomic mass is 10.00. The van der Waals surface area contributed by atoms with Crippen LogP contribution in [0.15, 0.2) is 24.3 Å². The van der Waals surface area contributed by atoms with Crippen LogP contribution >= 0.6 is 0 Å². The number of carbonyl (C=O) groups is 1. The first-order valence-corrected chi connectivity index (χ1v) is 7.17. The summed E-state index contributed by atoms with van der Waals surface area (Å²) in [6.45, 7) is 2.98. The smallest absolute Gasteiger partial charge is 0.223 e. The minimum absolute atomic E-state index is 0.0399. The first-order valence-electron chi connectivity index (χ1n) is 7.17. The van der Waals surface area contributed by atoms with Gasteiger partial charge in [0.1, 0.15) is 0 Å². The van der Waals surface area contributed by atoms with Gasteiger partial charge in [-0.25, -0.2) is 0 Å². The molecule has 0 saturated carbocycles. The number of hydrogen-bond donors (Lipinski definition) is 1. The topological polar surface area (TPSA) is 40.5 Å². The number of benzene rings is 1. The van der Waals surface area contributed by atoms with Crippen LogP contribution in [0.5, 0.6) is 0 Å². The number of aliphatic hydroxyl groups excluding tert-OH is 1. The molecule has 1 amide bonds. The van der Waals surface area contributed by atoms with Crippen LogP contribution in [-0.4, -0.2) is 35.1 Å². The zero-order chi connectivity index (χ0) is 13.7. The van der Waals surface area contributed by atoms with E-state index in [1.165, 1.54) is 11.1 Å². The summed E-state index contributed by atoms with van der Waals surface area (Å²) in [5, 5.41) is 9.35. The largest absolute Gasteiger partial charge is 0.394 e. The molecule has 0 bridgehead atoms. The molecule has 1 atom stereocenters. The van der Waals surface area contributed by atoms with E-state index >= 15 is 0 Å². The Morgan fingerprint density at radius 2 is 2.16 bits per heavy atom. The van der Waals surface area contributed by atoms with E-state index in [1.54, 1.807) is 0 Å². The number of amides is 1. The van der Waals surface area contributed by atoms with Gasteiger partial charge in [0.05, 0.1) is 12.6 Å². The molecule has 19 heavy (non-hydrogen) atoms. The molecule has 1 heterocycles. The molecule has 0 aliphatic carbocycles. The van der Waals surface area contributed by atoms with E-state index < -0.39 is 0 Å². The Labute approximate surface area is 115 Å². The van der Waals surface area contributed by atoms with Crippen LogP contribution in [0.4, 0.5) is 0 Å². The molecule has 104 valence electrons. The summed E-state index contributed by atoms with van der Waals surface area (Å²) < 4.78 is 0. The van der Waals surface area contributed by atoms with Crippen molar-refractivity contribution >= 4 is 5.91 Å². The third-order valence-electron chi connectivity index (χ3n) is 4.03. The zero-order valence-corrected chi connectivity index (χ0v) is 11.6. The molecular weight excluding hydrogens is 238 g/mol. The maximum absolute atomic E-state index is 12.3. The minimum atomic E-state index is 0.0399. The second kappa shape index (κ2) is 6.71. The maximum Gasteiger partial charge on any atom is 0.223 e. The van der Waals surface area contributed by atoms with Gasteiger partial charge < -0.3 is 10.0 Å². The Morgan fingerprint density at radius 3 is 2.89 bits per heavy atom. The Balaban J connectivity index is 1.92. The lowest BCUT2D eigenvalue weighted by Gasteiger charge is -2.34. The fraction of sp³-hybridized carbons (Fsp3) is 0.562. The Bertz CT molecular complexity index is 431. The number of hydrogen-bond acceptors (Lipinski definition) is 2. The van der Waals surface area contributed by atoms with Crippen molar-refractivity contribution in [2.45, 2.75) is 45.1 Å². The Morgan fingerprint density at radius 1 is 1.37 bits per heavy atom. The maximum atomic E-state index is 12.3. The van der Waals surface area contributed by atoms with Gasteiger partial charge in [-0.2, -0.15) is 0 Å². The molecule has 3 heteroatoms. The third-order valence-corrected chi connectivity index (χ3v) is 4.03. The molecule has 0 aromatic heterocycles. The highest BCUT2D eigenvalue weighted by atomic mass is 16.3. The summed E-state index contributed by atoms with van der Waals surface area (Å²) >= 11 is 0. The van der Waals surface area contributed by atoms with E-state index in [0.29, 0.717) is 6.42 Å². The molecule has 1 aliphatic rings. The average Bonchev–Trinajstić information content (AvgIpc) is 2.46. The quantitative estimate of drug-likeness (QED) is 0.903. The molecule has 1 saturated heterocycles.